The summed E-state index contributed by atoms with van der Waals surface area (Å²) in [6.07, 6.45) is -0.393. The number of hydrogen-bond donors (Lipinski definition) is 0. The average molecular weight is 392 g/mol. The van der Waals surface area contributed by atoms with E-state index in [0.717, 1.165) is 36.3 Å². The van der Waals surface area contributed by atoms with Crippen LogP contribution in [-0.2, 0) is 6.42 Å². The molecule has 0 fully saturated rings. The Morgan fingerprint density at radius 1 is 1.00 bits per heavy atom. The van der Waals surface area contributed by atoms with Crippen LogP contribution in [0.1, 0.15) is 18.1 Å². The van der Waals surface area contributed by atoms with Gasteiger partial charge in [0.2, 0.25) is 0 Å². The maximum atomic E-state index is 11.3. The molecule has 2 aromatic carbocycles. The van der Waals surface area contributed by atoms with Crippen molar-refractivity contribution in [1.82, 2.24) is 0 Å². The van der Waals surface area contributed by atoms with E-state index in [0.29, 0.717) is 24.0 Å². The van der Waals surface area contributed by atoms with Crippen molar-refractivity contribution in [2.24, 2.45) is 0 Å². The normalized spacial score (nSPS) is 11.8. The van der Waals surface area contributed by atoms with Gasteiger partial charge in [-0.1, -0.05) is 12.1 Å². The number of carbonyl (C=O) groups excluding carboxylic acids is 1. The van der Waals surface area contributed by atoms with Crippen LogP contribution in [0.4, 0.5) is 16.2 Å². The molecular formula is C20H21Cl2N2O2-. The van der Waals surface area contributed by atoms with E-state index in [1.54, 1.807) is 6.92 Å². The molecule has 138 valence electrons. The molecule has 1 aliphatic carbocycles. The SMILES string of the molecule is CCN(C(=O)[O-])c1ccc2c(c1)Cc1cc(N(CCCl)CCCl)ccc1-2. The van der Waals surface area contributed by atoms with Crippen molar-refractivity contribution in [1.29, 1.82) is 0 Å². The maximum Gasteiger partial charge on any atom is 0.141 e. The number of hydrogen-bond acceptors (Lipinski definition) is 3. The number of nitrogens with zero attached hydrogens (tertiary/aromatic N) is 2. The minimum absolute atomic E-state index is 0.365. The molecule has 2 aromatic rings. The van der Waals surface area contributed by atoms with Crippen LogP contribution < -0.4 is 14.9 Å². The molecule has 0 spiro atoms. The molecule has 0 aromatic heterocycles. The third kappa shape index (κ3) is 3.62. The van der Waals surface area contributed by atoms with Gasteiger partial charge in [0.1, 0.15) is 6.09 Å². The van der Waals surface area contributed by atoms with Gasteiger partial charge < -0.3 is 19.7 Å². The fraction of sp³-hybridized carbons (Fsp3) is 0.350. The van der Waals surface area contributed by atoms with Crippen molar-refractivity contribution in [3.8, 4) is 11.1 Å². The molecule has 0 radical (unpaired) electrons. The molecule has 0 bridgehead atoms. The van der Waals surface area contributed by atoms with Crippen LogP contribution in [0, 0.1) is 0 Å². The predicted molar refractivity (Wildman–Crippen MR) is 107 cm³/mol. The first kappa shape index (κ1) is 18.9. The van der Waals surface area contributed by atoms with Crippen LogP contribution in [0.2, 0.25) is 0 Å². The second-order valence-corrected chi connectivity index (χ2v) is 6.99. The van der Waals surface area contributed by atoms with Crippen LogP contribution >= 0.6 is 23.2 Å². The van der Waals surface area contributed by atoms with Crippen molar-refractivity contribution < 1.29 is 9.90 Å². The summed E-state index contributed by atoms with van der Waals surface area (Å²) in [6, 6.07) is 12.2. The lowest BCUT2D eigenvalue weighted by molar-refractivity contribution is -0.246. The highest BCUT2D eigenvalue weighted by Gasteiger charge is 2.21. The van der Waals surface area contributed by atoms with Gasteiger partial charge in [-0.25, -0.2) is 0 Å². The molecular weight excluding hydrogens is 371 g/mol. The van der Waals surface area contributed by atoms with Crippen LogP contribution in [-0.4, -0.2) is 37.5 Å². The summed E-state index contributed by atoms with van der Waals surface area (Å²) in [5.74, 6) is 1.10. The van der Waals surface area contributed by atoms with E-state index in [1.807, 2.05) is 18.2 Å². The highest BCUT2D eigenvalue weighted by Crippen LogP contribution is 2.40. The van der Waals surface area contributed by atoms with Crippen molar-refractivity contribution in [2.45, 2.75) is 13.3 Å². The Labute approximate surface area is 163 Å². The number of amides is 1. The summed E-state index contributed by atoms with van der Waals surface area (Å²) in [5, 5.41) is 11.3. The molecule has 1 aliphatic rings. The molecule has 6 heteroatoms. The number of alkyl halides is 2. The quantitative estimate of drug-likeness (QED) is 0.576. The summed E-state index contributed by atoms with van der Waals surface area (Å²) in [5.41, 5.74) is 6.50. The Morgan fingerprint density at radius 2 is 1.54 bits per heavy atom. The lowest BCUT2D eigenvalue weighted by atomic mass is 10.0. The Kier molecular flexibility index (Phi) is 5.94. The van der Waals surface area contributed by atoms with Gasteiger partial charge in [0.25, 0.3) is 0 Å². The second kappa shape index (κ2) is 8.19. The zero-order valence-corrected chi connectivity index (χ0v) is 16.2. The van der Waals surface area contributed by atoms with Crippen molar-refractivity contribution in [2.75, 3.05) is 41.2 Å². The van der Waals surface area contributed by atoms with Gasteiger partial charge in [0, 0.05) is 42.8 Å². The topological polar surface area (TPSA) is 46.6 Å². The van der Waals surface area contributed by atoms with Gasteiger partial charge in [0.15, 0.2) is 0 Å². The number of benzene rings is 2. The number of halogens is 2. The average Bonchev–Trinajstić information content (AvgIpc) is 2.98. The number of rotatable bonds is 7. The number of anilines is 2. The second-order valence-electron chi connectivity index (χ2n) is 6.23. The first-order chi connectivity index (χ1) is 12.6. The summed E-state index contributed by atoms with van der Waals surface area (Å²) in [4.78, 5) is 14.7. The fourth-order valence-electron chi connectivity index (χ4n) is 3.54. The molecule has 3 rings (SSSR count). The van der Waals surface area contributed by atoms with E-state index in [9.17, 15) is 9.90 Å². The largest absolute Gasteiger partial charge is 0.530 e. The standard InChI is InChI=1S/C20H22Cl2N2O2/c1-2-24(20(25)26)17-4-6-19-15(13-17)11-14-12-16(3-5-18(14)19)23(9-7-21)10-8-22/h3-6,12-13H,2,7-11H2,1H3,(H,25,26)/p-1. The van der Waals surface area contributed by atoms with E-state index in [4.69, 9.17) is 23.2 Å². The third-order valence-electron chi connectivity index (χ3n) is 4.77. The van der Waals surface area contributed by atoms with E-state index < -0.39 is 6.09 Å². The van der Waals surface area contributed by atoms with Crippen LogP contribution in [0.15, 0.2) is 36.4 Å². The molecule has 0 saturated heterocycles. The molecule has 26 heavy (non-hydrogen) atoms. The highest BCUT2D eigenvalue weighted by molar-refractivity contribution is 6.18. The maximum absolute atomic E-state index is 11.3. The molecule has 0 aliphatic heterocycles. The molecule has 4 nitrogen and oxygen atoms in total. The Morgan fingerprint density at radius 3 is 2.04 bits per heavy atom. The summed E-state index contributed by atoms with van der Waals surface area (Å²) in [6.45, 7) is 3.67. The molecule has 0 atom stereocenters. The Hall–Kier alpha value is -1.91. The first-order valence-electron chi connectivity index (χ1n) is 8.70. The monoisotopic (exact) mass is 391 g/mol. The van der Waals surface area contributed by atoms with Gasteiger partial charge in [-0.3, -0.25) is 0 Å². The number of fused-ring (bicyclic) bond motifs is 3. The zero-order chi connectivity index (χ0) is 18.7. The highest BCUT2D eigenvalue weighted by atomic mass is 35.5. The van der Waals surface area contributed by atoms with E-state index >= 15 is 0 Å². The molecule has 0 unspecified atom stereocenters. The smallest absolute Gasteiger partial charge is 0.141 e. The van der Waals surface area contributed by atoms with Gasteiger partial charge in [-0.05, 0) is 59.9 Å². The predicted octanol–water partition coefficient (Wildman–Crippen LogP) is 3.71. The lowest BCUT2D eigenvalue weighted by Crippen LogP contribution is -2.41. The van der Waals surface area contributed by atoms with Crippen LogP contribution in [0.25, 0.3) is 11.1 Å². The van der Waals surface area contributed by atoms with Gasteiger partial charge >= 0.3 is 0 Å². The van der Waals surface area contributed by atoms with Crippen molar-refractivity contribution in [3.63, 3.8) is 0 Å². The summed E-state index contributed by atoms with van der Waals surface area (Å²) in [7, 11) is 0. The summed E-state index contributed by atoms with van der Waals surface area (Å²) < 4.78 is 0. The van der Waals surface area contributed by atoms with Gasteiger partial charge in [0.05, 0.1) is 0 Å². The van der Waals surface area contributed by atoms with Crippen molar-refractivity contribution >= 4 is 40.7 Å². The molecule has 1 amide bonds. The Balaban J connectivity index is 1.91. The Bertz CT molecular complexity index is 804. The minimum atomic E-state index is -1.18. The van der Waals surface area contributed by atoms with E-state index in [1.165, 1.54) is 16.0 Å². The molecule has 0 heterocycles. The fourth-order valence-corrected chi connectivity index (χ4v) is 3.95. The van der Waals surface area contributed by atoms with Gasteiger partial charge in [-0.2, -0.15) is 0 Å². The number of carbonyl (C=O) groups is 1. The van der Waals surface area contributed by atoms with Crippen LogP contribution in [0.3, 0.4) is 0 Å². The third-order valence-corrected chi connectivity index (χ3v) is 5.11. The first-order valence-corrected chi connectivity index (χ1v) is 9.77. The molecule has 0 saturated carbocycles. The van der Waals surface area contributed by atoms with E-state index in [-0.39, 0.29) is 0 Å². The van der Waals surface area contributed by atoms with E-state index in [2.05, 4.69) is 23.1 Å². The molecule has 0 N–H and O–H groups in total. The zero-order valence-electron chi connectivity index (χ0n) is 14.7. The van der Waals surface area contributed by atoms with Crippen molar-refractivity contribution in [3.05, 3.63) is 47.5 Å². The number of carboxylic acid groups (broad SMARTS) is 1. The van der Waals surface area contributed by atoms with Gasteiger partial charge in [-0.15, -0.1) is 23.2 Å². The van der Waals surface area contributed by atoms with Crippen LogP contribution in [0.5, 0.6) is 0 Å². The lowest BCUT2D eigenvalue weighted by Gasteiger charge is -2.24. The summed E-state index contributed by atoms with van der Waals surface area (Å²) >= 11 is 11.8. The minimum Gasteiger partial charge on any atom is -0.530 e.